The topological polar surface area (TPSA) is 57.5 Å². The van der Waals surface area contributed by atoms with Crippen LogP contribution < -0.4 is 0 Å². The SMILES string of the molecule is CC(=O)CC[C@H](O)CC(C)(O)c1ccccc1. The normalized spacial score (nSPS) is 16.2. The number of aliphatic hydroxyl groups is 2. The Morgan fingerprint density at radius 3 is 2.47 bits per heavy atom. The lowest BCUT2D eigenvalue weighted by atomic mass is 9.89. The Hall–Kier alpha value is -1.19. The van der Waals surface area contributed by atoms with E-state index >= 15 is 0 Å². The Morgan fingerprint density at radius 1 is 1.35 bits per heavy atom. The second-order valence-corrected chi connectivity index (χ2v) is 4.74. The first-order valence-corrected chi connectivity index (χ1v) is 5.87. The summed E-state index contributed by atoms with van der Waals surface area (Å²) < 4.78 is 0. The van der Waals surface area contributed by atoms with Crippen molar-refractivity contribution in [2.24, 2.45) is 0 Å². The summed E-state index contributed by atoms with van der Waals surface area (Å²) in [7, 11) is 0. The highest BCUT2D eigenvalue weighted by atomic mass is 16.3. The zero-order valence-corrected chi connectivity index (χ0v) is 10.4. The second-order valence-electron chi connectivity index (χ2n) is 4.74. The highest BCUT2D eigenvalue weighted by molar-refractivity contribution is 5.75. The van der Waals surface area contributed by atoms with Crippen LogP contribution in [0.3, 0.4) is 0 Å². The number of carbonyl (C=O) groups excluding carboxylic acids is 1. The molecule has 94 valence electrons. The molecule has 0 fully saturated rings. The Kier molecular flexibility index (Phi) is 4.85. The summed E-state index contributed by atoms with van der Waals surface area (Å²) in [5.41, 5.74) is -0.279. The molecule has 0 aliphatic rings. The molecule has 1 rings (SSSR count). The van der Waals surface area contributed by atoms with Crippen LogP contribution in [-0.4, -0.2) is 22.1 Å². The van der Waals surface area contributed by atoms with Crippen molar-refractivity contribution >= 4 is 5.78 Å². The van der Waals surface area contributed by atoms with E-state index in [0.717, 1.165) is 5.56 Å². The van der Waals surface area contributed by atoms with E-state index in [1.54, 1.807) is 6.92 Å². The Balaban J connectivity index is 2.57. The third-order valence-electron chi connectivity index (χ3n) is 2.86. The van der Waals surface area contributed by atoms with Crippen LogP contribution in [0.25, 0.3) is 0 Å². The molecule has 1 unspecified atom stereocenters. The number of benzene rings is 1. The van der Waals surface area contributed by atoms with Crippen molar-refractivity contribution in [1.29, 1.82) is 0 Å². The number of aliphatic hydroxyl groups excluding tert-OH is 1. The van der Waals surface area contributed by atoms with E-state index < -0.39 is 11.7 Å². The van der Waals surface area contributed by atoms with Gasteiger partial charge in [0.1, 0.15) is 5.78 Å². The average molecular weight is 236 g/mol. The third-order valence-corrected chi connectivity index (χ3v) is 2.86. The molecule has 0 aromatic heterocycles. The van der Waals surface area contributed by atoms with Gasteiger partial charge < -0.3 is 15.0 Å². The van der Waals surface area contributed by atoms with Crippen molar-refractivity contribution in [2.75, 3.05) is 0 Å². The first-order chi connectivity index (χ1) is 7.92. The number of rotatable bonds is 6. The Morgan fingerprint density at radius 2 is 1.94 bits per heavy atom. The van der Waals surface area contributed by atoms with Gasteiger partial charge in [-0.25, -0.2) is 0 Å². The van der Waals surface area contributed by atoms with Crippen molar-refractivity contribution in [2.45, 2.75) is 44.8 Å². The summed E-state index contributed by atoms with van der Waals surface area (Å²) in [5, 5.41) is 20.1. The molecule has 17 heavy (non-hydrogen) atoms. The van der Waals surface area contributed by atoms with Gasteiger partial charge in [-0.15, -0.1) is 0 Å². The lowest BCUT2D eigenvalue weighted by Gasteiger charge is -2.26. The van der Waals surface area contributed by atoms with Crippen molar-refractivity contribution in [1.82, 2.24) is 0 Å². The summed E-state index contributed by atoms with van der Waals surface area (Å²) >= 11 is 0. The first kappa shape index (κ1) is 13.9. The Bertz CT molecular complexity index is 357. The van der Waals surface area contributed by atoms with Crippen LogP contribution in [0, 0.1) is 0 Å². The molecule has 0 amide bonds. The van der Waals surface area contributed by atoms with Crippen LogP contribution in [0.1, 0.15) is 38.7 Å². The number of ketones is 1. The van der Waals surface area contributed by atoms with Gasteiger partial charge in [-0.3, -0.25) is 0 Å². The van der Waals surface area contributed by atoms with E-state index in [4.69, 9.17) is 0 Å². The van der Waals surface area contributed by atoms with Crippen molar-refractivity contribution in [3.05, 3.63) is 35.9 Å². The quantitative estimate of drug-likeness (QED) is 0.794. The molecule has 0 heterocycles. The number of hydrogen-bond acceptors (Lipinski definition) is 3. The van der Waals surface area contributed by atoms with Gasteiger partial charge in [0.2, 0.25) is 0 Å². The van der Waals surface area contributed by atoms with E-state index in [-0.39, 0.29) is 12.2 Å². The number of Topliss-reactive ketones (excluding diaryl/α,β-unsaturated/α-hetero) is 1. The number of hydrogen-bond donors (Lipinski definition) is 2. The highest BCUT2D eigenvalue weighted by Crippen LogP contribution is 2.26. The van der Waals surface area contributed by atoms with Gasteiger partial charge in [-0.2, -0.15) is 0 Å². The Labute approximate surface area is 102 Å². The lowest BCUT2D eigenvalue weighted by Crippen LogP contribution is -2.27. The summed E-state index contributed by atoms with van der Waals surface area (Å²) in [4.78, 5) is 10.8. The molecule has 0 saturated carbocycles. The molecular weight excluding hydrogens is 216 g/mol. The van der Waals surface area contributed by atoms with Gasteiger partial charge in [-0.1, -0.05) is 30.3 Å². The van der Waals surface area contributed by atoms with E-state index in [1.165, 1.54) is 6.92 Å². The first-order valence-electron chi connectivity index (χ1n) is 5.87. The molecule has 0 aliphatic heterocycles. The third kappa shape index (κ3) is 4.67. The maximum atomic E-state index is 10.8. The molecule has 0 saturated heterocycles. The van der Waals surface area contributed by atoms with Crippen molar-refractivity contribution in [3.8, 4) is 0 Å². The van der Waals surface area contributed by atoms with Gasteiger partial charge in [0.15, 0.2) is 0 Å². The predicted octanol–water partition coefficient (Wildman–Crippen LogP) is 2.01. The molecular formula is C14H20O3. The molecule has 0 spiro atoms. The van der Waals surface area contributed by atoms with Gasteiger partial charge in [0, 0.05) is 12.8 Å². The van der Waals surface area contributed by atoms with Gasteiger partial charge in [-0.05, 0) is 25.8 Å². The zero-order valence-electron chi connectivity index (χ0n) is 10.4. The summed E-state index contributed by atoms with van der Waals surface area (Å²) in [5.74, 6) is 0.0587. The minimum atomic E-state index is -1.06. The molecule has 3 heteroatoms. The van der Waals surface area contributed by atoms with Crippen LogP contribution in [-0.2, 0) is 10.4 Å². The van der Waals surface area contributed by atoms with Crippen molar-refractivity contribution < 1.29 is 15.0 Å². The van der Waals surface area contributed by atoms with Crippen LogP contribution >= 0.6 is 0 Å². The largest absolute Gasteiger partial charge is 0.393 e. The monoisotopic (exact) mass is 236 g/mol. The van der Waals surface area contributed by atoms with E-state index in [1.807, 2.05) is 30.3 Å². The molecule has 2 atom stereocenters. The minimum absolute atomic E-state index is 0.0587. The molecule has 1 aromatic rings. The maximum absolute atomic E-state index is 10.8. The zero-order chi connectivity index (χ0) is 12.9. The van der Waals surface area contributed by atoms with Gasteiger partial charge in [0.25, 0.3) is 0 Å². The summed E-state index contributed by atoms with van der Waals surface area (Å²) in [6, 6.07) is 9.25. The van der Waals surface area contributed by atoms with Gasteiger partial charge in [0.05, 0.1) is 11.7 Å². The molecule has 0 bridgehead atoms. The molecule has 0 aliphatic carbocycles. The van der Waals surface area contributed by atoms with Crippen LogP contribution in [0.5, 0.6) is 0 Å². The fourth-order valence-corrected chi connectivity index (χ4v) is 1.85. The fourth-order valence-electron chi connectivity index (χ4n) is 1.85. The van der Waals surface area contributed by atoms with Crippen molar-refractivity contribution in [3.63, 3.8) is 0 Å². The smallest absolute Gasteiger partial charge is 0.129 e. The number of carbonyl (C=O) groups is 1. The van der Waals surface area contributed by atoms with E-state index in [9.17, 15) is 15.0 Å². The van der Waals surface area contributed by atoms with Gasteiger partial charge >= 0.3 is 0 Å². The summed E-state index contributed by atoms with van der Waals surface area (Å²) in [6.45, 7) is 3.18. The molecule has 0 radical (unpaired) electrons. The minimum Gasteiger partial charge on any atom is -0.393 e. The molecule has 2 N–H and O–H groups in total. The van der Waals surface area contributed by atoms with Crippen LogP contribution in [0.2, 0.25) is 0 Å². The molecule has 3 nitrogen and oxygen atoms in total. The maximum Gasteiger partial charge on any atom is 0.129 e. The second kappa shape index (κ2) is 5.94. The average Bonchev–Trinajstić information content (AvgIpc) is 2.27. The highest BCUT2D eigenvalue weighted by Gasteiger charge is 2.26. The predicted molar refractivity (Wildman–Crippen MR) is 66.6 cm³/mol. The molecule has 1 aromatic carbocycles. The van der Waals surface area contributed by atoms with Crippen LogP contribution in [0.15, 0.2) is 30.3 Å². The van der Waals surface area contributed by atoms with E-state index in [2.05, 4.69) is 0 Å². The van der Waals surface area contributed by atoms with E-state index in [0.29, 0.717) is 12.8 Å². The fraction of sp³-hybridized carbons (Fsp3) is 0.500. The van der Waals surface area contributed by atoms with Crippen LogP contribution in [0.4, 0.5) is 0 Å². The standard InChI is InChI=1S/C14H20O3/c1-11(15)8-9-13(16)10-14(2,17)12-6-4-3-5-7-12/h3-7,13,16-17H,8-10H2,1-2H3/t13-,14?/m0/s1. The lowest BCUT2D eigenvalue weighted by molar-refractivity contribution is -0.117. The summed E-state index contributed by atoms with van der Waals surface area (Å²) in [6.07, 6.45) is 0.336.